The first-order valence-electron chi connectivity index (χ1n) is 9.60. The van der Waals surface area contributed by atoms with Crippen LogP contribution >= 0.6 is 0 Å². The maximum Gasteiger partial charge on any atom is 0.0250 e. The number of nitrogens with one attached hydrogen (secondary N) is 1. The van der Waals surface area contributed by atoms with Crippen molar-refractivity contribution in [2.75, 3.05) is 32.7 Å². The lowest BCUT2D eigenvalue weighted by Crippen LogP contribution is -2.50. The molecule has 3 heteroatoms. The highest BCUT2D eigenvalue weighted by molar-refractivity contribution is 4.93. The summed E-state index contributed by atoms with van der Waals surface area (Å²) in [7, 11) is 0. The summed E-state index contributed by atoms with van der Waals surface area (Å²) >= 11 is 0. The van der Waals surface area contributed by atoms with Gasteiger partial charge in [0.25, 0.3) is 0 Å². The Morgan fingerprint density at radius 3 is 2.48 bits per heavy atom. The van der Waals surface area contributed by atoms with Crippen LogP contribution in [0.5, 0.6) is 0 Å². The van der Waals surface area contributed by atoms with Crippen LogP contribution in [0.4, 0.5) is 0 Å². The summed E-state index contributed by atoms with van der Waals surface area (Å²) in [5.41, 5.74) is 0. The van der Waals surface area contributed by atoms with Crippen LogP contribution in [-0.4, -0.2) is 60.6 Å². The molecule has 1 saturated carbocycles. The molecule has 0 bridgehead atoms. The average Bonchev–Trinajstić information content (AvgIpc) is 3.13. The molecule has 3 rings (SSSR count). The van der Waals surface area contributed by atoms with E-state index in [1.165, 1.54) is 90.5 Å². The van der Waals surface area contributed by atoms with Crippen LogP contribution in [0.2, 0.25) is 0 Å². The summed E-state index contributed by atoms with van der Waals surface area (Å²) in [6.07, 6.45) is 12.7. The molecule has 3 atom stereocenters. The largest absolute Gasteiger partial charge is 0.312 e. The van der Waals surface area contributed by atoms with Crippen LogP contribution in [0.25, 0.3) is 0 Å². The minimum Gasteiger partial charge on any atom is -0.312 e. The number of nitrogens with zero attached hydrogens (tertiary/aromatic N) is 2. The van der Waals surface area contributed by atoms with Gasteiger partial charge >= 0.3 is 0 Å². The maximum atomic E-state index is 3.87. The summed E-state index contributed by atoms with van der Waals surface area (Å²) in [5.74, 6) is 0. The van der Waals surface area contributed by atoms with Crippen molar-refractivity contribution in [3.8, 4) is 0 Å². The highest BCUT2D eigenvalue weighted by Crippen LogP contribution is 2.28. The molecule has 2 saturated heterocycles. The molecule has 1 N–H and O–H groups in total. The second kappa shape index (κ2) is 7.94. The molecule has 0 amide bonds. The van der Waals surface area contributed by atoms with Crippen molar-refractivity contribution < 1.29 is 0 Å². The van der Waals surface area contributed by atoms with E-state index in [0.29, 0.717) is 0 Å². The molecule has 3 unspecified atom stereocenters. The highest BCUT2D eigenvalue weighted by Gasteiger charge is 2.35. The molecule has 21 heavy (non-hydrogen) atoms. The van der Waals surface area contributed by atoms with Crippen LogP contribution in [0, 0.1) is 0 Å². The Morgan fingerprint density at radius 2 is 1.67 bits per heavy atom. The standard InChI is InChI=1S/C18H35N3/c1-2-11-19-17-8-4-3-5-9-18(17)21-14-10-16(15-21)20-12-6-7-13-20/h16-19H,2-15H2,1H3. The monoisotopic (exact) mass is 293 g/mol. The first-order chi connectivity index (χ1) is 10.4. The summed E-state index contributed by atoms with van der Waals surface area (Å²) < 4.78 is 0. The molecule has 0 aromatic carbocycles. The van der Waals surface area contributed by atoms with Crippen LogP contribution in [0.1, 0.15) is 64.7 Å². The van der Waals surface area contributed by atoms with Crippen molar-refractivity contribution in [1.29, 1.82) is 0 Å². The lowest BCUT2D eigenvalue weighted by atomic mass is 10.0. The topological polar surface area (TPSA) is 18.5 Å². The SMILES string of the molecule is CCCNC1CCCCCC1N1CCC(N2CCCC2)C1. The molecule has 0 radical (unpaired) electrons. The Kier molecular flexibility index (Phi) is 5.96. The third kappa shape index (κ3) is 4.00. The van der Waals surface area contributed by atoms with Gasteiger partial charge in [-0.25, -0.2) is 0 Å². The fourth-order valence-electron chi connectivity index (χ4n) is 4.77. The molecule has 3 nitrogen and oxygen atoms in total. The first kappa shape index (κ1) is 15.8. The Balaban J connectivity index is 1.57. The van der Waals surface area contributed by atoms with Gasteiger partial charge in [0.05, 0.1) is 0 Å². The molecular formula is C18H35N3. The summed E-state index contributed by atoms with van der Waals surface area (Å²) in [6, 6.07) is 2.43. The Labute approximate surface area is 131 Å². The van der Waals surface area contributed by atoms with E-state index in [4.69, 9.17) is 0 Å². The van der Waals surface area contributed by atoms with Crippen LogP contribution < -0.4 is 5.32 Å². The number of likely N-dealkylation sites (tertiary alicyclic amines) is 2. The predicted octanol–water partition coefficient (Wildman–Crippen LogP) is 2.86. The van der Waals surface area contributed by atoms with E-state index in [9.17, 15) is 0 Å². The van der Waals surface area contributed by atoms with E-state index < -0.39 is 0 Å². The fraction of sp³-hybridized carbons (Fsp3) is 1.00. The average molecular weight is 293 g/mol. The van der Waals surface area contributed by atoms with Crippen molar-refractivity contribution in [1.82, 2.24) is 15.1 Å². The second-order valence-corrected chi connectivity index (χ2v) is 7.45. The molecule has 122 valence electrons. The number of rotatable bonds is 5. The van der Waals surface area contributed by atoms with Crippen molar-refractivity contribution >= 4 is 0 Å². The molecule has 0 aromatic heterocycles. The van der Waals surface area contributed by atoms with Gasteiger partial charge in [-0.3, -0.25) is 9.80 Å². The molecule has 2 heterocycles. The third-order valence-corrected chi connectivity index (χ3v) is 5.96. The predicted molar refractivity (Wildman–Crippen MR) is 89.7 cm³/mol. The van der Waals surface area contributed by atoms with Crippen LogP contribution in [-0.2, 0) is 0 Å². The zero-order valence-corrected chi connectivity index (χ0v) is 14.0. The van der Waals surface area contributed by atoms with Gasteiger partial charge in [0, 0.05) is 31.2 Å². The molecule has 0 aromatic rings. The highest BCUT2D eigenvalue weighted by atomic mass is 15.3. The van der Waals surface area contributed by atoms with Gasteiger partial charge in [-0.1, -0.05) is 26.2 Å². The summed E-state index contributed by atoms with van der Waals surface area (Å²) in [4.78, 5) is 5.62. The van der Waals surface area contributed by atoms with Crippen molar-refractivity contribution in [2.24, 2.45) is 0 Å². The smallest absolute Gasteiger partial charge is 0.0250 e. The molecule has 3 fully saturated rings. The van der Waals surface area contributed by atoms with E-state index in [-0.39, 0.29) is 0 Å². The van der Waals surface area contributed by atoms with Gasteiger partial charge < -0.3 is 5.32 Å². The maximum absolute atomic E-state index is 3.87. The zero-order chi connectivity index (χ0) is 14.5. The van der Waals surface area contributed by atoms with Gasteiger partial charge in [-0.15, -0.1) is 0 Å². The van der Waals surface area contributed by atoms with E-state index in [1.807, 2.05) is 0 Å². The van der Waals surface area contributed by atoms with Gasteiger partial charge in [-0.2, -0.15) is 0 Å². The first-order valence-corrected chi connectivity index (χ1v) is 9.60. The Hall–Kier alpha value is -0.120. The molecule has 3 aliphatic rings. The summed E-state index contributed by atoms with van der Waals surface area (Å²) in [6.45, 7) is 8.90. The normalized spacial score (nSPS) is 36.1. The molecule has 2 aliphatic heterocycles. The quantitative estimate of drug-likeness (QED) is 0.786. The minimum atomic E-state index is 0.754. The van der Waals surface area contributed by atoms with Crippen LogP contribution in [0.15, 0.2) is 0 Å². The number of hydrogen-bond donors (Lipinski definition) is 1. The van der Waals surface area contributed by atoms with Gasteiger partial charge in [-0.05, 0) is 58.2 Å². The van der Waals surface area contributed by atoms with E-state index in [0.717, 1.165) is 18.1 Å². The Bertz CT molecular complexity index is 301. The lowest BCUT2D eigenvalue weighted by molar-refractivity contribution is 0.161. The van der Waals surface area contributed by atoms with Crippen LogP contribution in [0.3, 0.4) is 0 Å². The molecule has 0 spiro atoms. The van der Waals surface area contributed by atoms with Crippen molar-refractivity contribution in [3.63, 3.8) is 0 Å². The third-order valence-electron chi connectivity index (χ3n) is 5.96. The molecule has 1 aliphatic carbocycles. The lowest BCUT2D eigenvalue weighted by Gasteiger charge is -2.35. The van der Waals surface area contributed by atoms with E-state index in [2.05, 4.69) is 22.0 Å². The van der Waals surface area contributed by atoms with E-state index in [1.54, 1.807) is 0 Å². The van der Waals surface area contributed by atoms with Crippen molar-refractivity contribution in [2.45, 2.75) is 82.8 Å². The summed E-state index contributed by atoms with van der Waals surface area (Å²) in [5, 5.41) is 3.87. The number of hydrogen-bond acceptors (Lipinski definition) is 3. The van der Waals surface area contributed by atoms with Gasteiger partial charge in [0.2, 0.25) is 0 Å². The van der Waals surface area contributed by atoms with Gasteiger partial charge in [0.15, 0.2) is 0 Å². The fourth-order valence-corrected chi connectivity index (χ4v) is 4.77. The van der Waals surface area contributed by atoms with Gasteiger partial charge in [0.1, 0.15) is 0 Å². The molecular weight excluding hydrogens is 258 g/mol. The van der Waals surface area contributed by atoms with Crippen molar-refractivity contribution in [3.05, 3.63) is 0 Å². The minimum absolute atomic E-state index is 0.754. The Morgan fingerprint density at radius 1 is 0.857 bits per heavy atom. The zero-order valence-electron chi connectivity index (χ0n) is 14.0. The second-order valence-electron chi connectivity index (χ2n) is 7.45. The van der Waals surface area contributed by atoms with E-state index >= 15 is 0 Å².